The minimum absolute atomic E-state index is 0.178. The van der Waals surface area contributed by atoms with Crippen molar-refractivity contribution in [1.82, 2.24) is 15.1 Å². The molecule has 2 rings (SSSR count). The van der Waals surface area contributed by atoms with Crippen LogP contribution in [0.4, 0.5) is 0 Å². The van der Waals surface area contributed by atoms with Gasteiger partial charge in [0.25, 0.3) is 5.89 Å². The van der Waals surface area contributed by atoms with Crippen LogP contribution in [0, 0.1) is 0 Å². The number of carbonyl (C=O) groups excluding carboxylic acids is 1. The van der Waals surface area contributed by atoms with Crippen LogP contribution in [0.5, 0.6) is 0 Å². The van der Waals surface area contributed by atoms with E-state index in [4.69, 9.17) is 8.83 Å². The fraction of sp³-hybridized carbons (Fsp3) is 0.417. The van der Waals surface area contributed by atoms with Crippen LogP contribution in [0.1, 0.15) is 12.8 Å². The molecule has 7 nitrogen and oxygen atoms in total. The summed E-state index contributed by atoms with van der Waals surface area (Å²) >= 11 is 3.21. The molecule has 0 fully saturated rings. The Morgan fingerprint density at radius 1 is 1.40 bits per heavy atom. The van der Waals surface area contributed by atoms with Gasteiger partial charge in [-0.1, -0.05) is 6.92 Å². The molecule has 0 aliphatic carbocycles. The maximum atomic E-state index is 11.3. The quantitative estimate of drug-likeness (QED) is 0.742. The third kappa shape index (κ3) is 3.67. The number of hydrogen-bond acceptors (Lipinski definition) is 7. The molecule has 0 saturated carbocycles. The average molecular weight is 344 g/mol. The Morgan fingerprint density at radius 3 is 2.80 bits per heavy atom. The predicted octanol–water partition coefficient (Wildman–Crippen LogP) is 2.09. The average Bonchev–Trinajstić information content (AvgIpc) is 3.06. The summed E-state index contributed by atoms with van der Waals surface area (Å²) in [6.07, 6.45) is 0. The molecule has 0 atom stereocenters. The van der Waals surface area contributed by atoms with Crippen molar-refractivity contribution in [2.75, 3.05) is 20.2 Å². The van der Waals surface area contributed by atoms with Crippen molar-refractivity contribution in [3.8, 4) is 11.7 Å². The van der Waals surface area contributed by atoms with Gasteiger partial charge in [0, 0.05) is 0 Å². The van der Waals surface area contributed by atoms with E-state index < -0.39 is 0 Å². The maximum Gasteiger partial charge on any atom is 0.319 e. The van der Waals surface area contributed by atoms with E-state index in [1.54, 1.807) is 12.1 Å². The van der Waals surface area contributed by atoms with Gasteiger partial charge in [0.2, 0.25) is 5.89 Å². The first-order chi connectivity index (χ1) is 9.62. The highest BCUT2D eigenvalue weighted by Gasteiger charge is 2.16. The van der Waals surface area contributed by atoms with E-state index in [9.17, 15) is 4.79 Å². The molecule has 0 bridgehead atoms. The van der Waals surface area contributed by atoms with Crippen molar-refractivity contribution in [3.63, 3.8) is 0 Å². The Morgan fingerprint density at radius 2 is 2.20 bits per heavy atom. The molecule has 0 aliphatic heterocycles. The molecule has 0 N–H and O–H groups in total. The number of likely N-dealkylation sites (N-methyl/N-ethyl adjacent to an activating group) is 1. The first-order valence-corrected chi connectivity index (χ1v) is 6.79. The van der Waals surface area contributed by atoms with Crippen molar-refractivity contribution >= 4 is 21.9 Å². The van der Waals surface area contributed by atoms with Crippen LogP contribution >= 0.6 is 15.9 Å². The van der Waals surface area contributed by atoms with Crippen LogP contribution < -0.4 is 0 Å². The second kappa shape index (κ2) is 6.67. The van der Waals surface area contributed by atoms with Gasteiger partial charge in [0.15, 0.2) is 10.4 Å². The summed E-state index contributed by atoms with van der Waals surface area (Å²) in [6, 6.07) is 3.47. The van der Waals surface area contributed by atoms with Gasteiger partial charge in [-0.25, -0.2) is 0 Å². The Labute approximate surface area is 124 Å². The van der Waals surface area contributed by atoms with Crippen molar-refractivity contribution in [2.24, 2.45) is 0 Å². The summed E-state index contributed by atoms with van der Waals surface area (Å²) in [5, 5.41) is 7.85. The molecule has 8 heteroatoms. The molecule has 2 aromatic heterocycles. The normalized spacial score (nSPS) is 11.0. The zero-order valence-corrected chi connectivity index (χ0v) is 12.7. The number of aromatic nitrogens is 2. The van der Waals surface area contributed by atoms with Gasteiger partial charge >= 0.3 is 5.97 Å². The van der Waals surface area contributed by atoms with Gasteiger partial charge in [-0.05, 0) is 34.6 Å². The highest BCUT2D eigenvalue weighted by molar-refractivity contribution is 9.10. The molecule has 108 valence electrons. The molecule has 0 amide bonds. The Hall–Kier alpha value is -1.67. The number of ether oxygens (including phenoxy) is 1. The number of methoxy groups -OCH3 is 1. The lowest BCUT2D eigenvalue weighted by Gasteiger charge is -2.15. The zero-order valence-electron chi connectivity index (χ0n) is 11.1. The minimum atomic E-state index is -0.304. The van der Waals surface area contributed by atoms with E-state index in [0.717, 1.165) is 0 Å². The molecule has 2 heterocycles. The molecule has 20 heavy (non-hydrogen) atoms. The fourth-order valence-corrected chi connectivity index (χ4v) is 1.87. The lowest BCUT2D eigenvalue weighted by atomic mass is 10.4. The molecular weight excluding hydrogens is 330 g/mol. The van der Waals surface area contributed by atoms with Crippen LogP contribution in [0.25, 0.3) is 11.7 Å². The number of nitrogens with zero attached hydrogens (tertiary/aromatic N) is 3. The van der Waals surface area contributed by atoms with Crippen LogP contribution in [-0.2, 0) is 16.1 Å². The smallest absolute Gasteiger partial charge is 0.319 e. The summed E-state index contributed by atoms with van der Waals surface area (Å²) in [7, 11) is 1.36. The number of carbonyl (C=O) groups is 1. The Kier molecular flexibility index (Phi) is 4.91. The number of hydrogen-bond donors (Lipinski definition) is 0. The summed E-state index contributed by atoms with van der Waals surface area (Å²) < 4.78 is 16.0. The van der Waals surface area contributed by atoms with Crippen LogP contribution in [-0.4, -0.2) is 41.3 Å². The van der Waals surface area contributed by atoms with E-state index in [0.29, 0.717) is 35.3 Å². The highest BCUT2D eigenvalue weighted by Crippen LogP contribution is 2.23. The van der Waals surface area contributed by atoms with Gasteiger partial charge in [0.1, 0.15) is 0 Å². The topological polar surface area (TPSA) is 81.6 Å². The number of furan rings is 1. The monoisotopic (exact) mass is 343 g/mol. The molecule has 2 aromatic rings. The highest BCUT2D eigenvalue weighted by atomic mass is 79.9. The molecule has 0 radical (unpaired) electrons. The van der Waals surface area contributed by atoms with Crippen molar-refractivity contribution in [3.05, 3.63) is 22.7 Å². The second-order valence-corrected chi connectivity index (χ2v) is 4.77. The number of halogens is 1. The molecular formula is C12H14BrN3O4. The molecule has 0 aliphatic rings. The third-order valence-electron chi connectivity index (χ3n) is 2.64. The van der Waals surface area contributed by atoms with E-state index in [1.807, 2.05) is 11.8 Å². The SMILES string of the molecule is CCN(CC(=O)OC)Cc1nnc(-c2ccc(Br)o2)o1. The summed E-state index contributed by atoms with van der Waals surface area (Å²) in [5.41, 5.74) is 0. The number of esters is 1. The van der Waals surface area contributed by atoms with Crippen molar-refractivity contribution in [1.29, 1.82) is 0 Å². The molecule has 0 unspecified atom stereocenters. The zero-order chi connectivity index (χ0) is 14.5. The van der Waals surface area contributed by atoms with Crippen LogP contribution in [0.15, 0.2) is 25.6 Å². The largest absolute Gasteiger partial charge is 0.468 e. The second-order valence-electron chi connectivity index (χ2n) is 3.98. The summed E-state index contributed by atoms with van der Waals surface area (Å²) in [6.45, 7) is 3.15. The fourth-order valence-electron chi connectivity index (χ4n) is 1.56. The molecule has 0 saturated heterocycles. The van der Waals surface area contributed by atoms with E-state index >= 15 is 0 Å². The third-order valence-corrected chi connectivity index (χ3v) is 3.06. The van der Waals surface area contributed by atoms with E-state index in [-0.39, 0.29) is 12.5 Å². The number of rotatable bonds is 6. The predicted molar refractivity (Wildman–Crippen MR) is 72.7 cm³/mol. The lowest BCUT2D eigenvalue weighted by Crippen LogP contribution is -2.30. The maximum absolute atomic E-state index is 11.3. The lowest BCUT2D eigenvalue weighted by molar-refractivity contribution is -0.142. The first kappa shape index (κ1) is 14.7. The van der Waals surface area contributed by atoms with Gasteiger partial charge in [-0.3, -0.25) is 9.69 Å². The van der Waals surface area contributed by atoms with Crippen molar-refractivity contribution in [2.45, 2.75) is 13.5 Å². The van der Waals surface area contributed by atoms with Gasteiger partial charge < -0.3 is 13.6 Å². The van der Waals surface area contributed by atoms with E-state index in [1.165, 1.54) is 7.11 Å². The van der Waals surface area contributed by atoms with Crippen LogP contribution in [0.2, 0.25) is 0 Å². The first-order valence-electron chi connectivity index (χ1n) is 5.99. The Balaban J connectivity index is 2.03. The van der Waals surface area contributed by atoms with Crippen molar-refractivity contribution < 1.29 is 18.4 Å². The van der Waals surface area contributed by atoms with Gasteiger partial charge in [0.05, 0.1) is 20.2 Å². The van der Waals surface area contributed by atoms with Gasteiger partial charge in [-0.15, -0.1) is 10.2 Å². The summed E-state index contributed by atoms with van der Waals surface area (Å²) in [5.74, 6) is 0.909. The van der Waals surface area contributed by atoms with Crippen LogP contribution in [0.3, 0.4) is 0 Å². The van der Waals surface area contributed by atoms with Gasteiger partial charge in [-0.2, -0.15) is 0 Å². The minimum Gasteiger partial charge on any atom is -0.468 e. The Bertz CT molecular complexity index is 581. The summed E-state index contributed by atoms with van der Waals surface area (Å²) in [4.78, 5) is 13.1. The standard InChI is InChI=1S/C12H14BrN3O4/c1-3-16(7-11(17)18-2)6-10-14-15-12(20-10)8-4-5-9(13)19-8/h4-5H,3,6-7H2,1-2H3. The van der Waals surface area contributed by atoms with E-state index in [2.05, 4.69) is 30.9 Å². The molecule has 0 spiro atoms. The molecule has 0 aromatic carbocycles.